The van der Waals surface area contributed by atoms with Gasteiger partial charge in [0.15, 0.2) is 6.10 Å². The Morgan fingerprint density at radius 1 is 1.30 bits per heavy atom. The Morgan fingerprint density at radius 2 is 2.04 bits per heavy atom. The fourth-order valence-corrected chi connectivity index (χ4v) is 3.47. The van der Waals surface area contributed by atoms with Crippen molar-refractivity contribution in [2.24, 2.45) is 0 Å². The zero-order valence-corrected chi connectivity index (χ0v) is 14.6. The number of carbonyl (C=O) groups is 2. The van der Waals surface area contributed by atoms with Crippen LogP contribution < -0.4 is 15.4 Å². The molecule has 1 aromatic rings. The monoisotopic (exact) mass is 381 g/mol. The minimum atomic E-state index is -0.428. The van der Waals surface area contributed by atoms with E-state index in [9.17, 15) is 9.59 Å². The van der Waals surface area contributed by atoms with E-state index >= 15 is 0 Å². The van der Waals surface area contributed by atoms with E-state index in [0.29, 0.717) is 19.5 Å². The summed E-state index contributed by atoms with van der Waals surface area (Å²) in [6.07, 6.45) is 1.72. The second kappa shape index (κ2) is 6.78. The predicted molar refractivity (Wildman–Crippen MR) is 89.5 cm³/mol. The number of amides is 3. The number of ether oxygens (including phenoxy) is 1. The Balaban J connectivity index is 1.54. The first kappa shape index (κ1) is 16.1. The van der Waals surface area contributed by atoms with E-state index in [1.807, 2.05) is 23.1 Å². The highest BCUT2D eigenvalue weighted by Gasteiger charge is 2.34. The average Bonchev–Trinajstić information content (AvgIpc) is 2.97. The van der Waals surface area contributed by atoms with Gasteiger partial charge in [0.2, 0.25) is 0 Å². The molecule has 2 N–H and O–H groups in total. The lowest BCUT2D eigenvalue weighted by atomic mass is 10.0. The number of likely N-dealkylation sites (tertiary alicyclic amines) is 1. The largest absolute Gasteiger partial charge is 0.480 e. The summed E-state index contributed by atoms with van der Waals surface area (Å²) in [6.45, 7) is 1.29. The summed E-state index contributed by atoms with van der Waals surface area (Å²) in [5.74, 6) is 0.832. The molecule has 1 fully saturated rings. The van der Waals surface area contributed by atoms with E-state index in [2.05, 4.69) is 26.6 Å². The van der Waals surface area contributed by atoms with Crippen molar-refractivity contribution in [3.63, 3.8) is 0 Å². The van der Waals surface area contributed by atoms with Crippen LogP contribution in [0.2, 0.25) is 0 Å². The summed E-state index contributed by atoms with van der Waals surface area (Å²) in [5.41, 5.74) is 1.06. The number of hydrogen-bond donors (Lipinski definition) is 2. The topological polar surface area (TPSA) is 70.7 Å². The third-order valence-corrected chi connectivity index (χ3v) is 4.83. The highest BCUT2D eigenvalue weighted by molar-refractivity contribution is 9.10. The van der Waals surface area contributed by atoms with Gasteiger partial charge in [-0.3, -0.25) is 4.79 Å². The van der Waals surface area contributed by atoms with Gasteiger partial charge in [-0.1, -0.05) is 15.9 Å². The number of halogens is 1. The lowest BCUT2D eigenvalue weighted by molar-refractivity contribution is -0.139. The van der Waals surface area contributed by atoms with Crippen molar-refractivity contribution in [2.45, 2.75) is 31.4 Å². The fraction of sp³-hybridized carbons (Fsp3) is 0.500. The summed E-state index contributed by atoms with van der Waals surface area (Å²) >= 11 is 3.44. The zero-order chi connectivity index (χ0) is 16.4. The average molecular weight is 382 g/mol. The molecule has 0 aliphatic carbocycles. The molecule has 1 aromatic carbocycles. The lowest BCUT2D eigenvalue weighted by Gasteiger charge is -2.33. The second-order valence-corrected chi connectivity index (χ2v) is 6.80. The standard InChI is InChI=1S/C16H20BrN3O3/c1-18-16(22)19-12-4-6-20(7-5-12)15(21)14-9-10-8-11(17)2-3-13(10)23-14/h2-3,8,12,14H,4-7,9H2,1H3,(H2,18,19,22). The van der Waals surface area contributed by atoms with Gasteiger partial charge in [0.25, 0.3) is 5.91 Å². The van der Waals surface area contributed by atoms with Crippen LogP contribution in [0.15, 0.2) is 22.7 Å². The molecule has 23 heavy (non-hydrogen) atoms. The second-order valence-electron chi connectivity index (χ2n) is 5.89. The van der Waals surface area contributed by atoms with Gasteiger partial charge >= 0.3 is 6.03 Å². The minimum absolute atomic E-state index is 0.0377. The van der Waals surface area contributed by atoms with Gasteiger partial charge in [-0.05, 0) is 36.6 Å². The van der Waals surface area contributed by atoms with Gasteiger partial charge in [-0.2, -0.15) is 0 Å². The molecule has 3 amide bonds. The van der Waals surface area contributed by atoms with Crippen LogP contribution in [-0.4, -0.2) is 49.1 Å². The number of benzene rings is 1. The molecule has 7 heteroatoms. The zero-order valence-electron chi connectivity index (χ0n) is 13.0. The van der Waals surface area contributed by atoms with Gasteiger partial charge in [0.1, 0.15) is 5.75 Å². The molecule has 3 rings (SSSR count). The van der Waals surface area contributed by atoms with E-state index < -0.39 is 6.10 Å². The number of piperidine rings is 1. The first-order chi connectivity index (χ1) is 11.1. The van der Waals surface area contributed by atoms with Crippen molar-refractivity contribution in [2.75, 3.05) is 20.1 Å². The molecule has 2 aliphatic rings. The van der Waals surface area contributed by atoms with E-state index in [4.69, 9.17) is 4.74 Å². The quantitative estimate of drug-likeness (QED) is 0.818. The molecule has 0 spiro atoms. The van der Waals surface area contributed by atoms with Crippen LogP contribution in [0.25, 0.3) is 0 Å². The molecular weight excluding hydrogens is 362 g/mol. The van der Waals surface area contributed by atoms with E-state index in [0.717, 1.165) is 28.6 Å². The number of nitrogens with one attached hydrogen (secondary N) is 2. The third kappa shape index (κ3) is 3.60. The Bertz CT molecular complexity index is 615. The summed E-state index contributed by atoms with van der Waals surface area (Å²) < 4.78 is 6.79. The van der Waals surface area contributed by atoms with Gasteiger partial charge < -0.3 is 20.3 Å². The molecule has 1 unspecified atom stereocenters. The van der Waals surface area contributed by atoms with Crippen LogP contribution in [0.1, 0.15) is 18.4 Å². The molecular formula is C16H20BrN3O3. The molecule has 124 valence electrons. The predicted octanol–water partition coefficient (Wildman–Crippen LogP) is 1.67. The third-order valence-electron chi connectivity index (χ3n) is 4.34. The van der Waals surface area contributed by atoms with Crippen LogP contribution in [0, 0.1) is 0 Å². The van der Waals surface area contributed by atoms with Crippen LogP contribution in [0.3, 0.4) is 0 Å². The number of urea groups is 1. The first-order valence-corrected chi connectivity index (χ1v) is 8.58. The molecule has 2 heterocycles. The summed E-state index contributed by atoms with van der Waals surface area (Å²) in [6, 6.07) is 5.77. The smallest absolute Gasteiger partial charge is 0.314 e. The fourth-order valence-electron chi connectivity index (χ4n) is 3.06. The van der Waals surface area contributed by atoms with Gasteiger partial charge in [-0.15, -0.1) is 0 Å². The SMILES string of the molecule is CNC(=O)NC1CCN(C(=O)C2Cc3cc(Br)ccc3O2)CC1. The molecule has 1 saturated heterocycles. The summed E-state index contributed by atoms with van der Waals surface area (Å²) in [5, 5.41) is 5.44. The number of fused-ring (bicyclic) bond motifs is 1. The Hall–Kier alpha value is -1.76. The van der Waals surface area contributed by atoms with Crippen molar-refractivity contribution < 1.29 is 14.3 Å². The molecule has 6 nitrogen and oxygen atoms in total. The number of rotatable bonds is 2. The van der Waals surface area contributed by atoms with Crippen molar-refractivity contribution in [3.8, 4) is 5.75 Å². The van der Waals surface area contributed by atoms with Gasteiger partial charge in [0, 0.05) is 37.1 Å². The first-order valence-electron chi connectivity index (χ1n) is 7.79. The van der Waals surface area contributed by atoms with Crippen LogP contribution in [0.5, 0.6) is 5.75 Å². The highest BCUT2D eigenvalue weighted by Crippen LogP contribution is 2.32. The summed E-state index contributed by atoms with van der Waals surface area (Å²) in [4.78, 5) is 25.8. The normalized spacial score (nSPS) is 20.6. The van der Waals surface area contributed by atoms with E-state index in [-0.39, 0.29) is 18.0 Å². The summed E-state index contributed by atoms with van der Waals surface area (Å²) in [7, 11) is 1.60. The maximum absolute atomic E-state index is 12.6. The van der Waals surface area contributed by atoms with Crippen molar-refractivity contribution >= 4 is 27.9 Å². The molecule has 0 aromatic heterocycles. The number of carbonyl (C=O) groups excluding carboxylic acids is 2. The van der Waals surface area contributed by atoms with E-state index in [1.165, 1.54) is 0 Å². The van der Waals surface area contributed by atoms with E-state index in [1.54, 1.807) is 7.05 Å². The Morgan fingerprint density at radius 3 is 2.74 bits per heavy atom. The maximum atomic E-state index is 12.6. The molecule has 0 saturated carbocycles. The maximum Gasteiger partial charge on any atom is 0.314 e. The van der Waals surface area contributed by atoms with Crippen molar-refractivity contribution in [1.29, 1.82) is 0 Å². The van der Waals surface area contributed by atoms with Crippen LogP contribution in [0.4, 0.5) is 4.79 Å². The van der Waals surface area contributed by atoms with Gasteiger partial charge in [-0.25, -0.2) is 4.79 Å². The molecule has 2 aliphatic heterocycles. The molecule has 1 atom stereocenters. The Kier molecular flexibility index (Phi) is 4.75. The van der Waals surface area contributed by atoms with Crippen molar-refractivity contribution in [3.05, 3.63) is 28.2 Å². The number of hydrogen-bond acceptors (Lipinski definition) is 3. The minimum Gasteiger partial charge on any atom is -0.480 e. The van der Waals surface area contributed by atoms with Crippen LogP contribution >= 0.6 is 15.9 Å². The highest BCUT2D eigenvalue weighted by atomic mass is 79.9. The van der Waals surface area contributed by atoms with Crippen molar-refractivity contribution in [1.82, 2.24) is 15.5 Å². The molecule has 0 radical (unpaired) electrons. The molecule has 0 bridgehead atoms. The van der Waals surface area contributed by atoms with Crippen LogP contribution in [-0.2, 0) is 11.2 Å². The lowest BCUT2D eigenvalue weighted by Crippen LogP contribution is -2.51. The Labute approximate surface area is 143 Å². The van der Waals surface area contributed by atoms with Gasteiger partial charge in [0.05, 0.1) is 0 Å². The number of nitrogens with zero attached hydrogens (tertiary/aromatic N) is 1.